The average molecular weight is 143 g/mol. The maximum Gasteiger partial charge on any atom is 0.0595 e. The van der Waals surface area contributed by atoms with Crippen LogP contribution >= 0.6 is 0 Å². The van der Waals surface area contributed by atoms with Gasteiger partial charge in [-0.3, -0.25) is 0 Å². The first-order valence-electron chi connectivity index (χ1n) is 4.05. The van der Waals surface area contributed by atoms with Gasteiger partial charge in [0.25, 0.3) is 0 Å². The molecule has 1 heterocycles. The quantitative estimate of drug-likeness (QED) is 0.524. The first-order chi connectivity index (χ1) is 4.61. The number of piperidine rings is 1. The Labute approximate surface area is 62.6 Å². The molecule has 2 N–H and O–H groups in total. The highest BCUT2D eigenvalue weighted by atomic mass is 16.3. The van der Waals surface area contributed by atoms with Crippen LogP contribution in [0.15, 0.2) is 0 Å². The molecular weight excluding hydrogens is 126 g/mol. The Morgan fingerprint density at radius 2 is 1.90 bits per heavy atom. The first kappa shape index (κ1) is 8.02. The summed E-state index contributed by atoms with van der Waals surface area (Å²) in [4.78, 5) is 0. The van der Waals surface area contributed by atoms with Crippen molar-refractivity contribution in [3.8, 4) is 0 Å². The van der Waals surface area contributed by atoms with Crippen LogP contribution < -0.4 is 5.32 Å². The third-order valence-corrected chi connectivity index (χ3v) is 2.54. The van der Waals surface area contributed by atoms with E-state index in [-0.39, 0.29) is 6.10 Å². The van der Waals surface area contributed by atoms with Crippen LogP contribution in [0.2, 0.25) is 0 Å². The van der Waals surface area contributed by atoms with E-state index < -0.39 is 0 Å². The van der Waals surface area contributed by atoms with E-state index in [1.165, 1.54) is 0 Å². The van der Waals surface area contributed by atoms with Gasteiger partial charge in [-0.25, -0.2) is 0 Å². The molecule has 2 nitrogen and oxygen atoms in total. The molecule has 1 fully saturated rings. The van der Waals surface area contributed by atoms with Gasteiger partial charge >= 0.3 is 0 Å². The third-order valence-electron chi connectivity index (χ3n) is 2.54. The van der Waals surface area contributed by atoms with Crippen molar-refractivity contribution in [2.24, 2.45) is 5.92 Å². The maximum atomic E-state index is 9.48. The normalized spacial score (nSPS) is 49.2. The molecule has 0 amide bonds. The van der Waals surface area contributed by atoms with Crippen molar-refractivity contribution in [2.45, 2.75) is 45.4 Å². The smallest absolute Gasteiger partial charge is 0.0595 e. The Balaban J connectivity index is 2.49. The second-order valence-electron chi connectivity index (χ2n) is 3.52. The summed E-state index contributed by atoms with van der Waals surface area (Å²) in [6, 6.07) is 0.931. The van der Waals surface area contributed by atoms with E-state index in [0.29, 0.717) is 18.0 Å². The van der Waals surface area contributed by atoms with E-state index in [1.807, 2.05) is 0 Å². The molecule has 0 spiro atoms. The molecule has 0 aromatic heterocycles. The van der Waals surface area contributed by atoms with Crippen molar-refractivity contribution in [3.63, 3.8) is 0 Å². The lowest BCUT2D eigenvalue weighted by molar-refractivity contribution is 0.0493. The lowest BCUT2D eigenvalue weighted by Gasteiger charge is -2.35. The van der Waals surface area contributed by atoms with Crippen molar-refractivity contribution in [3.05, 3.63) is 0 Å². The molecule has 10 heavy (non-hydrogen) atoms. The molecule has 1 aliphatic rings. The van der Waals surface area contributed by atoms with E-state index in [9.17, 15) is 5.11 Å². The summed E-state index contributed by atoms with van der Waals surface area (Å²) in [6.07, 6.45) is 0.789. The summed E-state index contributed by atoms with van der Waals surface area (Å²) < 4.78 is 0. The standard InChI is InChI=1S/C8H17NO/c1-5-4-8(10)6(2)7(3)9-5/h5-10H,4H2,1-3H3/t5-,6+,7+,8-/m1/s1. The average Bonchev–Trinajstić information content (AvgIpc) is 1.82. The van der Waals surface area contributed by atoms with Gasteiger partial charge in [0.2, 0.25) is 0 Å². The molecule has 2 heteroatoms. The number of aliphatic hydroxyl groups is 1. The molecule has 0 radical (unpaired) electrons. The zero-order chi connectivity index (χ0) is 7.72. The molecule has 1 rings (SSSR count). The monoisotopic (exact) mass is 143 g/mol. The molecular formula is C8H17NO. The zero-order valence-corrected chi connectivity index (χ0v) is 6.96. The Morgan fingerprint density at radius 3 is 2.40 bits per heavy atom. The highest BCUT2D eigenvalue weighted by Gasteiger charge is 2.28. The highest BCUT2D eigenvalue weighted by molar-refractivity contribution is 4.85. The van der Waals surface area contributed by atoms with Crippen LogP contribution in [0.5, 0.6) is 0 Å². The Kier molecular flexibility index (Phi) is 2.32. The minimum absolute atomic E-state index is 0.105. The molecule has 60 valence electrons. The molecule has 0 unspecified atom stereocenters. The summed E-state index contributed by atoms with van der Waals surface area (Å²) in [5.74, 6) is 0.399. The van der Waals surface area contributed by atoms with Gasteiger partial charge in [-0.05, 0) is 26.2 Å². The highest BCUT2D eigenvalue weighted by Crippen LogP contribution is 2.19. The van der Waals surface area contributed by atoms with Gasteiger partial charge in [-0.1, -0.05) is 6.92 Å². The maximum absolute atomic E-state index is 9.48. The number of nitrogens with one attached hydrogen (secondary N) is 1. The molecule has 4 atom stereocenters. The van der Waals surface area contributed by atoms with Crippen LogP contribution in [-0.2, 0) is 0 Å². The van der Waals surface area contributed by atoms with Gasteiger partial charge in [-0.2, -0.15) is 0 Å². The molecule has 1 aliphatic heterocycles. The van der Waals surface area contributed by atoms with Crippen LogP contribution in [0, 0.1) is 5.92 Å². The molecule has 0 aromatic rings. The van der Waals surface area contributed by atoms with E-state index in [2.05, 4.69) is 26.1 Å². The summed E-state index contributed by atoms with van der Waals surface area (Å²) in [7, 11) is 0. The van der Waals surface area contributed by atoms with Gasteiger partial charge < -0.3 is 10.4 Å². The molecule has 0 aliphatic carbocycles. The molecule has 0 bridgehead atoms. The van der Waals surface area contributed by atoms with Gasteiger partial charge in [-0.15, -0.1) is 0 Å². The van der Waals surface area contributed by atoms with Gasteiger partial charge in [0, 0.05) is 12.1 Å². The fraction of sp³-hybridized carbons (Fsp3) is 1.00. The first-order valence-corrected chi connectivity index (χ1v) is 4.05. The van der Waals surface area contributed by atoms with Crippen LogP contribution in [0.4, 0.5) is 0 Å². The van der Waals surface area contributed by atoms with Crippen LogP contribution in [-0.4, -0.2) is 23.3 Å². The van der Waals surface area contributed by atoms with E-state index in [0.717, 1.165) is 6.42 Å². The van der Waals surface area contributed by atoms with E-state index >= 15 is 0 Å². The predicted molar refractivity (Wildman–Crippen MR) is 41.8 cm³/mol. The van der Waals surface area contributed by atoms with Gasteiger partial charge in [0.05, 0.1) is 6.10 Å². The molecule has 0 saturated carbocycles. The fourth-order valence-electron chi connectivity index (χ4n) is 1.58. The number of aliphatic hydroxyl groups excluding tert-OH is 1. The van der Waals surface area contributed by atoms with Crippen molar-refractivity contribution in [1.82, 2.24) is 5.32 Å². The molecule has 0 aromatic carbocycles. The van der Waals surface area contributed by atoms with Crippen molar-refractivity contribution >= 4 is 0 Å². The van der Waals surface area contributed by atoms with Crippen LogP contribution in [0.3, 0.4) is 0 Å². The summed E-state index contributed by atoms with van der Waals surface area (Å²) in [5.41, 5.74) is 0. The lowest BCUT2D eigenvalue weighted by Crippen LogP contribution is -2.50. The van der Waals surface area contributed by atoms with Gasteiger partial charge in [0.1, 0.15) is 0 Å². The summed E-state index contributed by atoms with van der Waals surface area (Å²) >= 11 is 0. The zero-order valence-electron chi connectivity index (χ0n) is 6.96. The van der Waals surface area contributed by atoms with Crippen molar-refractivity contribution in [1.29, 1.82) is 0 Å². The lowest BCUT2D eigenvalue weighted by atomic mass is 9.88. The predicted octanol–water partition coefficient (Wildman–Crippen LogP) is 0.754. The Bertz CT molecular complexity index is 104. The van der Waals surface area contributed by atoms with Crippen LogP contribution in [0.1, 0.15) is 27.2 Å². The Morgan fingerprint density at radius 1 is 1.30 bits per heavy atom. The number of hydrogen-bond donors (Lipinski definition) is 2. The van der Waals surface area contributed by atoms with Crippen LogP contribution in [0.25, 0.3) is 0 Å². The van der Waals surface area contributed by atoms with E-state index in [4.69, 9.17) is 0 Å². The SMILES string of the molecule is C[C@@H]1[C@H](O)C[C@@H](C)N[C@H]1C. The van der Waals surface area contributed by atoms with Crippen molar-refractivity contribution in [2.75, 3.05) is 0 Å². The van der Waals surface area contributed by atoms with Crippen molar-refractivity contribution < 1.29 is 5.11 Å². The second-order valence-corrected chi connectivity index (χ2v) is 3.52. The number of rotatable bonds is 0. The summed E-state index contributed by atoms with van der Waals surface area (Å²) in [6.45, 7) is 6.34. The Hall–Kier alpha value is -0.0800. The third kappa shape index (κ3) is 1.50. The minimum atomic E-state index is -0.105. The minimum Gasteiger partial charge on any atom is -0.393 e. The summed E-state index contributed by atoms with van der Waals surface area (Å²) in [5, 5.41) is 12.9. The topological polar surface area (TPSA) is 32.3 Å². The van der Waals surface area contributed by atoms with Gasteiger partial charge in [0.15, 0.2) is 0 Å². The van der Waals surface area contributed by atoms with E-state index in [1.54, 1.807) is 0 Å². The second kappa shape index (κ2) is 2.89. The fourth-order valence-corrected chi connectivity index (χ4v) is 1.58. The largest absolute Gasteiger partial charge is 0.393 e. The number of hydrogen-bond acceptors (Lipinski definition) is 2. The molecule has 1 saturated heterocycles.